The number of carbonyl (C=O) groups is 2. The predicted octanol–water partition coefficient (Wildman–Crippen LogP) is 1.47. The van der Waals surface area contributed by atoms with Gasteiger partial charge in [-0.3, -0.25) is 9.78 Å². The lowest BCUT2D eigenvalue weighted by molar-refractivity contribution is -0.139. The number of hydrogen-bond acceptors (Lipinski definition) is 4. The molecule has 2 rings (SSSR count). The number of ether oxygens (including phenoxy) is 1. The van der Waals surface area contributed by atoms with E-state index in [-0.39, 0.29) is 5.91 Å². The number of nitrogens with one attached hydrogen (secondary N) is 1. The second-order valence-electron chi connectivity index (χ2n) is 4.21. The first kappa shape index (κ1) is 14.5. The van der Waals surface area contributed by atoms with E-state index in [0.29, 0.717) is 17.9 Å². The number of aromatic nitrogens is 1. The molecule has 21 heavy (non-hydrogen) atoms. The number of hydrogen-bond donors (Lipinski definition) is 2. The highest BCUT2D eigenvalue weighted by Crippen LogP contribution is 2.13. The largest absolute Gasteiger partial charge is 0.482 e. The van der Waals surface area contributed by atoms with E-state index in [2.05, 4.69) is 10.3 Å². The van der Waals surface area contributed by atoms with Crippen molar-refractivity contribution in [3.05, 3.63) is 59.9 Å². The minimum absolute atomic E-state index is 0.276. The first-order chi connectivity index (χ1) is 10.1. The first-order valence-electron chi connectivity index (χ1n) is 6.28. The summed E-state index contributed by atoms with van der Waals surface area (Å²) in [6, 6.07) is 11.8. The van der Waals surface area contributed by atoms with Crippen molar-refractivity contribution in [3.8, 4) is 5.75 Å². The maximum Gasteiger partial charge on any atom is 0.341 e. The van der Waals surface area contributed by atoms with Crippen LogP contribution in [0.2, 0.25) is 0 Å². The summed E-state index contributed by atoms with van der Waals surface area (Å²) in [5, 5.41) is 11.3. The Labute approximate surface area is 121 Å². The molecule has 0 saturated carbocycles. The number of nitrogens with zero attached hydrogens (tertiary/aromatic N) is 1. The van der Waals surface area contributed by atoms with E-state index in [0.717, 1.165) is 5.69 Å². The summed E-state index contributed by atoms with van der Waals surface area (Å²) in [5.41, 5.74) is 1.15. The fourth-order valence-electron chi connectivity index (χ4n) is 1.65. The highest BCUT2D eigenvalue weighted by molar-refractivity contribution is 5.94. The zero-order valence-corrected chi connectivity index (χ0v) is 11.2. The molecular formula is C15H14N2O4. The van der Waals surface area contributed by atoms with Crippen molar-refractivity contribution in [2.75, 3.05) is 6.61 Å². The van der Waals surface area contributed by atoms with Crippen LogP contribution in [0.15, 0.2) is 48.7 Å². The molecule has 2 aromatic rings. The summed E-state index contributed by atoms with van der Waals surface area (Å²) < 4.78 is 5.03. The van der Waals surface area contributed by atoms with Gasteiger partial charge in [-0.25, -0.2) is 4.79 Å². The minimum atomic E-state index is -1.07. The number of aliphatic carboxylic acids is 1. The van der Waals surface area contributed by atoms with Crippen LogP contribution in [0.4, 0.5) is 0 Å². The van der Waals surface area contributed by atoms with Gasteiger partial charge in [-0.1, -0.05) is 12.1 Å². The second kappa shape index (κ2) is 7.04. The number of amides is 1. The second-order valence-corrected chi connectivity index (χ2v) is 4.21. The van der Waals surface area contributed by atoms with Gasteiger partial charge in [0.05, 0.1) is 12.2 Å². The molecule has 108 valence electrons. The maximum absolute atomic E-state index is 12.0. The Morgan fingerprint density at radius 1 is 1.19 bits per heavy atom. The molecule has 0 unspecified atom stereocenters. The molecule has 1 aromatic heterocycles. The topological polar surface area (TPSA) is 88.5 Å². The molecule has 6 heteroatoms. The number of carboxylic acid groups (broad SMARTS) is 1. The first-order valence-corrected chi connectivity index (χ1v) is 6.28. The van der Waals surface area contributed by atoms with E-state index < -0.39 is 12.6 Å². The van der Waals surface area contributed by atoms with E-state index >= 15 is 0 Å². The van der Waals surface area contributed by atoms with Crippen LogP contribution in [0.25, 0.3) is 0 Å². The van der Waals surface area contributed by atoms with Crippen LogP contribution in [-0.2, 0) is 11.3 Å². The predicted molar refractivity (Wildman–Crippen MR) is 75.0 cm³/mol. The summed E-state index contributed by atoms with van der Waals surface area (Å²) in [4.78, 5) is 26.5. The smallest absolute Gasteiger partial charge is 0.341 e. The van der Waals surface area contributed by atoms with Crippen molar-refractivity contribution in [3.63, 3.8) is 0 Å². The average molecular weight is 286 g/mol. The van der Waals surface area contributed by atoms with E-state index in [1.165, 1.54) is 6.07 Å². The van der Waals surface area contributed by atoms with Crippen LogP contribution in [0.1, 0.15) is 16.1 Å². The van der Waals surface area contributed by atoms with Gasteiger partial charge in [0.2, 0.25) is 0 Å². The molecule has 1 amide bonds. The Hall–Kier alpha value is -2.89. The molecule has 2 N–H and O–H groups in total. The van der Waals surface area contributed by atoms with E-state index in [1.54, 1.807) is 30.5 Å². The van der Waals surface area contributed by atoms with Gasteiger partial charge in [0, 0.05) is 11.8 Å². The van der Waals surface area contributed by atoms with Gasteiger partial charge in [-0.2, -0.15) is 0 Å². The highest BCUT2D eigenvalue weighted by Gasteiger charge is 2.07. The Balaban J connectivity index is 1.95. The average Bonchev–Trinajstić information content (AvgIpc) is 2.52. The number of carboxylic acids is 1. The quantitative estimate of drug-likeness (QED) is 0.839. The Kier molecular flexibility index (Phi) is 4.87. The number of pyridine rings is 1. The summed E-state index contributed by atoms with van der Waals surface area (Å²) in [6.45, 7) is -0.126. The fourth-order valence-corrected chi connectivity index (χ4v) is 1.65. The Morgan fingerprint density at radius 3 is 2.76 bits per heavy atom. The van der Waals surface area contributed by atoms with Crippen molar-refractivity contribution in [2.24, 2.45) is 0 Å². The van der Waals surface area contributed by atoms with E-state index in [1.807, 2.05) is 12.1 Å². The van der Waals surface area contributed by atoms with Gasteiger partial charge in [-0.05, 0) is 30.3 Å². The van der Waals surface area contributed by atoms with Gasteiger partial charge >= 0.3 is 5.97 Å². The van der Waals surface area contributed by atoms with E-state index in [4.69, 9.17) is 9.84 Å². The normalized spacial score (nSPS) is 9.90. The van der Waals surface area contributed by atoms with Crippen LogP contribution in [0.5, 0.6) is 5.75 Å². The molecule has 0 aliphatic carbocycles. The lowest BCUT2D eigenvalue weighted by atomic mass is 10.2. The van der Waals surface area contributed by atoms with Crippen LogP contribution >= 0.6 is 0 Å². The molecule has 0 aliphatic rings. The zero-order chi connectivity index (χ0) is 15.1. The molecule has 6 nitrogen and oxygen atoms in total. The van der Waals surface area contributed by atoms with E-state index in [9.17, 15) is 9.59 Å². The molecule has 0 atom stereocenters. The fraction of sp³-hybridized carbons (Fsp3) is 0.133. The summed E-state index contributed by atoms with van der Waals surface area (Å²) in [7, 11) is 0. The monoisotopic (exact) mass is 286 g/mol. The third kappa shape index (κ3) is 4.61. The molecule has 1 heterocycles. The van der Waals surface area contributed by atoms with Gasteiger partial charge in [0.25, 0.3) is 5.91 Å². The van der Waals surface area contributed by atoms with Gasteiger partial charge in [0.15, 0.2) is 6.61 Å². The zero-order valence-electron chi connectivity index (χ0n) is 11.2. The SMILES string of the molecule is O=C(O)COc1cccc(C(=O)NCc2ccccn2)c1. The van der Waals surface area contributed by atoms with Crippen molar-refractivity contribution >= 4 is 11.9 Å². The highest BCUT2D eigenvalue weighted by atomic mass is 16.5. The molecule has 0 spiro atoms. The Morgan fingerprint density at radius 2 is 2.05 bits per heavy atom. The third-order valence-corrected chi connectivity index (χ3v) is 2.61. The minimum Gasteiger partial charge on any atom is -0.482 e. The third-order valence-electron chi connectivity index (χ3n) is 2.61. The van der Waals surface area contributed by atoms with Crippen LogP contribution in [-0.4, -0.2) is 28.6 Å². The lowest BCUT2D eigenvalue weighted by Crippen LogP contribution is -2.23. The van der Waals surface area contributed by atoms with Gasteiger partial charge in [-0.15, -0.1) is 0 Å². The molecular weight excluding hydrogens is 272 g/mol. The molecule has 1 aromatic carbocycles. The standard InChI is InChI=1S/C15H14N2O4/c18-14(19)10-21-13-6-3-4-11(8-13)15(20)17-9-12-5-1-2-7-16-12/h1-8H,9-10H2,(H,17,20)(H,18,19). The number of benzene rings is 1. The van der Waals surface area contributed by atoms with Crippen molar-refractivity contribution < 1.29 is 19.4 Å². The van der Waals surface area contributed by atoms with Gasteiger partial charge in [0.1, 0.15) is 5.75 Å². The van der Waals surface area contributed by atoms with Crippen molar-refractivity contribution in [1.82, 2.24) is 10.3 Å². The van der Waals surface area contributed by atoms with Crippen LogP contribution in [0.3, 0.4) is 0 Å². The molecule has 0 fully saturated rings. The van der Waals surface area contributed by atoms with Gasteiger partial charge < -0.3 is 15.2 Å². The number of rotatable bonds is 6. The molecule has 0 aliphatic heterocycles. The van der Waals surface area contributed by atoms with Crippen LogP contribution < -0.4 is 10.1 Å². The Bertz CT molecular complexity index is 629. The number of carbonyl (C=O) groups excluding carboxylic acids is 1. The van der Waals surface area contributed by atoms with Crippen LogP contribution in [0, 0.1) is 0 Å². The molecule has 0 saturated heterocycles. The summed E-state index contributed by atoms with van der Waals surface area (Å²) in [5.74, 6) is -1.01. The molecule has 0 radical (unpaired) electrons. The summed E-state index contributed by atoms with van der Waals surface area (Å²) in [6.07, 6.45) is 1.65. The van der Waals surface area contributed by atoms with Crippen molar-refractivity contribution in [1.29, 1.82) is 0 Å². The van der Waals surface area contributed by atoms with Crippen molar-refractivity contribution in [2.45, 2.75) is 6.54 Å². The lowest BCUT2D eigenvalue weighted by Gasteiger charge is -2.07. The summed E-state index contributed by atoms with van der Waals surface area (Å²) >= 11 is 0. The maximum atomic E-state index is 12.0. The molecule has 0 bridgehead atoms.